The minimum absolute atomic E-state index is 0.0490. The summed E-state index contributed by atoms with van der Waals surface area (Å²) in [6, 6.07) is 6.14. The highest BCUT2D eigenvalue weighted by Crippen LogP contribution is 2.43. The second-order valence-electron chi connectivity index (χ2n) is 5.76. The Kier molecular flexibility index (Phi) is 3.78. The van der Waals surface area contributed by atoms with E-state index in [0.29, 0.717) is 0 Å². The lowest BCUT2D eigenvalue weighted by molar-refractivity contribution is -0.129. The van der Waals surface area contributed by atoms with E-state index in [4.69, 9.17) is 0 Å². The van der Waals surface area contributed by atoms with Crippen molar-refractivity contribution in [3.63, 3.8) is 0 Å². The van der Waals surface area contributed by atoms with Crippen LogP contribution in [0.4, 0.5) is 4.79 Å². The predicted molar refractivity (Wildman–Crippen MR) is 83.4 cm³/mol. The zero-order valence-corrected chi connectivity index (χ0v) is 12.7. The second-order valence-corrected chi connectivity index (χ2v) is 5.76. The van der Waals surface area contributed by atoms with Gasteiger partial charge in [0.05, 0.1) is 5.41 Å². The van der Waals surface area contributed by atoms with Gasteiger partial charge in [0.15, 0.2) is 6.04 Å². The molecule has 0 radical (unpaired) electrons. The fraction of sp³-hybridized carbons (Fsp3) is 0.353. The van der Waals surface area contributed by atoms with Crippen molar-refractivity contribution in [2.45, 2.75) is 30.7 Å². The van der Waals surface area contributed by atoms with Gasteiger partial charge in [-0.3, -0.25) is 14.9 Å². The standard InChI is InChI=1S/C17H17N3O3/c1-18-15(22)17(9-2-10-17)12-6-3-11(4-7-12)5-8-13-14(21)20-16(23)19-13/h3-4,6-7,13H,2,9-10H2,1H3,(H,18,22)(H2,19,20,21,23). The molecule has 1 unspecified atom stereocenters. The van der Waals surface area contributed by atoms with E-state index in [2.05, 4.69) is 27.8 Å². The molecule has 1 aromatic carbocycles. The largest absolute Gasteiger partial charge is 0.358 e. The SMILES string of the molecule is CNC(=O)C1(c2ccc(C#CC3NC(=O)NC3=O)cc2)CCC1. The molecule has 2 aliphatic rings. The van der Waals surface area contributed by atoms with Crippen LogP contribution in [-0.4, -0.2) is 30.9 Å². The van der Waals surface area contributed by atoms with Crippen LogP contribution in [0.15, 0.2) is 24.3 Å². The van der Waals surface area contributed by atoms with Crippen molar-refractivity contribution in [2.24, 2.45) is 0 Å². The highest BCUT2D eigenvalue weighted by molar-refractivity contribution is 6.05. The summed E-state index contributed by atoms with van der Waals surface area (Å²) < 4.78 is 0. The predicted octanol–water partition coefficient (Wildman–Crippen LogP) is 0.414. The van der Waals surface area contributed by atoms with Crippen molar-refractivity contribution < 1.29 is 14.4 Å². The first-order valence-electron chi connectivity index (χ1n) is 7.51. The van der Waals surface area contributed by atoms with Gasteiger partial charge < -0.3 is 10.6 Å². The molecular formula is C17H17N3O3. The molecule has 1 atom stereocenters. The van der Waals surface area contributed by atoms with Gasteiger partial charge in [0, 0.05) is 12.6 Å². The first-order chi connectivity index (χ1) is 11.0. The van der Waals surface area contributed by atoms with E-state index in [1.807, 2.05) is 24.3 Å². The smallest absolute Gasteiger partial charge is 0.322 e. The Morgan fingerprint density at radius 3 is 2.43 bits per heavy atom. The highest BCUT2D eigenvalue weighted by atomic mass is 16.2. The van der Waals surface area contributed by atoms with Crippen LogP contribution in [0.2, 0.25) is 0 Å². The van der Waals surface area contributed by atoms with Crippen LogP contribution in [0.1, 0.15) is 30.4 Å². The number of hydrogen-bond acceptors (Lipinski definition) is 3. The Labute approximate surface area is 134 Å². The maximum atomic E-state index is 12.1. The third-order valence-electron chi connectivity index (χ3n) is 4.44. The molecule has 2 fully saturated rings. The summed E-state index contributed by atoms with van der Waals surface area (Å²) in [5, 5.41) is 7.30. The Bertz CT molecular complexity index is 724. The average Bonchev–Trinajstić information content (AvgIpc) is 2.83. The van der Waals surface area contributed by atoms with Gasteiger partial charge >= 0.3 is 6.03 Å². The maximum absolute atomic E-state index is 12.1. The van der Waals surface area contributed by atoms with Crippen LogP contribution in [0.25, 0.3) is 0 Å². The summed E-state index contributed by atoms with van der Waals surface area (Å²) >= 11 is 0. The molecular weight excluding hydrogens is 294 g/mol. The third-order valence-corrected chi connectivity index (χ3v) is 4.44. The number of carbonyl (C=O) groups is 3. The van der Waals surface area contributed by atoms with E-state index in [-0.39, 0.29) is 5.91 Å². The van der Waals surface area contributed by atoms with Crippen LogP contribution in [0.3, 0.4) is 0 Å². The van der Waals surface area contributed by atoms with Crippen molar-refractivity contribution in [3.05, 3.63) is 35.4 Å². The van der Waals surface area contributed by atoms with Gasteiger partial charge in [-0.05, 0) is 30.5 Å². The number of amides is 4. The maximum Gasteiger partial charge on any atom is 0.322 e. The van der Waals surface area contributed by atoms with E-state index >= 15 is 0 Å². The third kappa shape index (κ3) is 2.66. The van der Waals surface area contributed by atoms with Crippen LogP contribution in [-0.2, 0) is 15.0 Å². The molecule has 0 spiro atoms. The van der Waals surface area contributed by atoms with Crippen molar-refractivity contribution >= 4 is 17.8 Å². The summed E-state index contributed by atoms with van der Waals surface area (Å²) in [5.41, 5.74) is 1.30. The molecule has 3 N–H and O–H groups in total. The topological polar surface area (TPSA) is 87.3 Å². The number of nitrogens with one attached hydrogen (secondary N) is 3. The van der Waals surface area contributed by atoms with E-state index < -0.39 is 23.4 Å². The van der Waals surface area contributed by atoms with Crippen LogP contribution >= 0.6 is 0 Å². The summed E-state index contributed by atoms with van der Waals surface area (Å²) in [5.74, 6) is 5.21. The number of hydrogen-bond donors (Lipinski definition) is 3. The van der Waals surface area contributed by atoms with Gasteiger partial charge in [-0.25, -0.2) is 4.79 Å². The molecule has 1 heterocycles. The van der Waals surface area contributed by atoms with Crippen molar-refractivity contribution in [2.75, 3.05) is 7.05 Å². The first-order valence-corrected chi connectivity index (χ1v) is 7.51. The summed E-state index contributed by atoms with van der Waals surface area (Å²) in [6.07, 6.45) is 2.75. The molecule has 23 heavy (non-hydrogen) atoms. The first kappa shape index (κ1) is 15.1. The fourth-order valence-corrected chi connectivity index (χ4v) is 2.96. The van der Waals surface area contributed by atoms with Gasteiger partial charge in [0.2, 0.25) is 5.91 Å². The van der Waals surface area contributed by atoms with Crippen molar-refractivity contribution in [1.29, 1.82) is 0 Å². The number of urea groups is 1. The summed E-state index contributed by atoms with van der Waals surface area (Å²) in [7, 11) is 1.66. The zero-order chi connectivity index (χ0) is 16.4. The molecule has 6 heteroatoms. The second kappa shape index (κ2) is 5.76. The molecule has 1 saturated carbocycles. The van der Waals surface area contributed by atoms with Crippen LogP contribution in [0.5, 0.6) is 0 Å². The Hall–Kier alpha value is -2.81. The van der Waals surface area contributed by atoms with Gasteiger partial charge in [-0.1, -0.05) is 30.4 Å². The molecule has 1 aliphatic carbocycles. The zero-order valence-electron chi connectivity index (χ0n) is 12.7. The Morgan fingerprint density at radius 1 is 1.26 bits per heavy atom. The number of rotatable bonds is 2. The minimum atomic E-state index is -0.814. The lowest BCUT2D eigenvalue weighted by atomic mass is 9.64. The molecule has 0 aromatic heterocycles. The quantitative estimate of drug-likeness (QED) is 0.546. The monoisotopic (exact) mass is 311 g/mol. The average molecular weight is 311 g/mol. The fourth-order valence-electron chi connectivity index (χ4n) is 2.96. The van der Waals surface area contributed by atoms with E-state index in [1.54, 1.807) is 7.05 Å². The van der Waals surface area contributed by atoms with E-state index in [0.717, 1.165) is 30.4 Å². The van der Waals surface area contributed by atoms with Gasteiger partial charge in [-0.2, -0.15) is 0 Å². The summed E-state index contributed by atoms with van der Waals surface area (Å²) in [4.78, 5) is 34.6. The number of imide groups is 1. The van der Waals surface area contributed by atoms with Gasteiger partial charge in [-0.15, -0.1) is 0 Å². The minimum Gasteiger partial charge on any atom is -0.358 e. The Morgan fingerprint density at radius 2 is 1.96 bits per heavy atom. The van der Waals surface area contributed by atoms with Crippen LogP contribution < -0.4 is 16.0 Å². The molecule has 1 saturated heterocycles. The number of likely N-dealkylation sites (N-methyl/N-ethyl adjacent to an activating group) is 1. The molecule has 4 amide bonds. The van der Waals surface area contributed by atoms with Crippen molar-refractivity contribution in [3.8, 4) is 11.8 Å². The molecule has 6 nitrogen and oxygen atoms in total. The summed E-state index contributed by atoms with van der Waals surface area (Å²) in [6.45, 7) is 0. The normalized spacial score (nSPS) is 21.3. The highest BCUT2D eigenvalue weighted by Gasteiger charge is 2.44. The molecule has 1 aliphatic heterocycles. The van der Waals surface area contributed by atoms with Gasteiger partial charge in [0.1, 0.15) is 0 Å². The molecule has 118 valence electrons. The van der Waals surface area contributed by atoms with E-state index in [1.165, 1.54) is 0 Å². The van der Waals surface area contributed by atoms with Crippen LogP contribution in [0, 0.1) is 11.8 Å². The van der Waals surface area contributed by atoms with Crippen molar-refractivity contribution in [1.82, 2.24) is 16.0 Å². The molecule has 3 rings (SSSR count). The lowest BCUT2D eigenvalue weighted by Gasteiger charge is -2.40. The number of carbonyl (C=O) groups excluding carboxylic acids is 3. The molecule has 0 bridgehead atoms. The lowest BCUT2D eigenvalue weighted by Crippen LogP contribution is -2.48. The number of benzene rings is 1. The Balaban J connectivity index is 1.77. The van der Waals surface area contributed by atoms with Gasteiger partial charge in [0.25, 0.3) is 5.91 Å². The van der Waals surface area contributed by atoms with E-state index in [9.17, 15) is 14.4 Å². The molecule has 1 aromatic rings.